The highest BCUT2D eigenvalue weighted by molar-refractivity contribution is 6.30. The molecule has 144 valence electrons. The molecule has 2 saturated heterocycles. The van der Waals surface area contributed by atoms with Crippen LogP contribution in [0.15, 0.2) is 48.5 Å². The fraction of sp³-hybridized carbons (Fsp3) is 0.368. The van der Waals surface area contributed by atoms with Gasteiger partial charge in [-0.1, -0.05) is 29.8 Å². The molecule has 3 unspecified atom stereocenters. The van der Waals surface area contributed by atoms with Gasteiger partial charge in [0.05, 0.1) is 12.8 Å². The van der Waals surface area contributed by atoms with Crippen molar-refractivity contribution in [2.24, 2.45) is 5.73 Å². The molecule has 8 heteroatoms. The molecule has 4 atom stereocenters. The minimum absolute atomic E-state index is 0.0905. The van der Waals surface area contributed by atoms with E-state index in [1.165, 1.54) is 12.1 Å². The molecule has 2 N–H and O–H groups in total. The first-order chi connectivity index (χ1) is 13.0. The number of benzene rings is 2. The van der Waals surface area contributed by atoms with E-state index in [1.807, 2.05) is 36.2 Å². The molecule has 0 amide bonds. The molecule has 2 aliphatic rings. The van der Waals surface area contributed by atoms with Crippen LogP contribution < -0.4 is 15.4 Å². The van der Waals surface area contributed by atoms with Gasteiger partial charge in [0.15, 0.2) is 12.0 Å². The Morgan fingerprint density at radius 2 is 2.00 bits per heavy atom. The normalized spacial score (nSPS) is 30.3. The van der Waals surface area contributed by atoms with E-state index in [-0.39, 0.29) is 18.1 Å². The lowest BCUT2D eigenvalue weighted by atomic mass is 10.0. The van der Waals surface area contributed by atoms with Gasteiger partial charge in [0.25, 0.3) is 0 Å². The summed E-state index contributed by atoms with van der Waals surface area (Å²) < 4.78 is 24.4. The molecule has 0 radical (unpaired) electrons. The molecule has 2 aliphatic heterocycles. The van der Waals surface area contributed by atoms with Crippen molar-refractivity contribution in [2.45, 2.75) is 24.5 Å². The second-order valence-electron chi connectivity index (χ2n) is 6.95. The fourth-order valence-electron chi connectivity index (χ4n) is 3.65. The van der Waals surface area contributed by atoms with E-state index in [2.05, 4.69) is 9.84 Å². The van der Waals surface area contributed by atoms with Crippen LogP contribution in [-0.2, 0) is 11.3 Å². The molecule has 4 rings (SSSR count). The van der Waals surface area contributed by atoms with Crippen molar-refractivity contribution in [3.05, 3.63) is 59.1 Å². The molecule has 0 aromatic heterocycles. The Morgan fingerprint density at radius 3 is 2.74 bits per heavy atom. The largest absolute Gasteiger partial charge is 0.473 e. The monoisotopic (exact) mass is 393 g/mol. The number of likely N-dealkylation sites (N-methyl/N-ethyl adjacent to an activating group) is 1. The molecule has 27 heavy (non-hydrogen) atoms. The average Bonchev–Trinajstić information content (AvgIpc) is 3.26. The van der Waals surface area contributed by atoms with E-state index < -0.39 is 5.54 Å². The van der Waals surface area contributed by atoms with E-state index in [0.29, 0.717) is 30.7 Å². The van der Waals surface area contributed by atoms with Gasteiger partial charge in [-0.3, -0.25) is 9.84 Å². The number of halogens is 2. The Morgan fingerprint density at radius 1 is 1.26 bits per heavy atom. The van der Waals surface area contributed by atoms with Crippen molar-refractivity contribution in [3.63, 3.8) is 0 Å². The minimum atomic E-state index is -0.487. The Kier molecular flexibility index (Phi) is 4.96. The van der Waals surface area contributed by atoms with Gasteiger partial charge in [-0.15, -0.1) is 0 Å². The van der Waals surface area contributed by atoms with Gasteiger partial charge in [0, 0.05) is 22.2 Å². The molecular weight excluding hydrogens is 373 g/mol. The molecule has 0 saturated carbocycles. The van der Waals surface area contributed by atoms with Crippen LogP contribution in [-0.4, -0.2) is 48.1 Å². The molecule has 0 aliphatic carbocycles. The first-order valence-corrected chi connectivity index (χ1v) is 9.02. The molecule has 0 bridgehead atoms. The molecule has 1 spiro atoms. The molecule has 2 aromatic carbocycles. The van der Waals surface area contributed by atoms with Crippen LogP contribution >= 0.6 is 11.6 Å². The number of nitrogens with two attached hydrogens (primary N) is 1. The van der Waals surface area contributed by atoms with E-state index in [0.717, 1.165) is 5.56 Å². The Labute approximate surface area is 162 Å². The van der Waals surface area contributed by atoms with Crippen LogP contribution in [0.4, 0.5) is 4.53 Å². The third-order valence-corrected chi connectivity index (χ3v) is 5.45. The van der Waals surface area contributed by atoms with E-state index >= 15 is 0 Å². The van der Waals surface area contributed by atoms with Crippen molar-refractivity contribution in [3.8, 4) is 11.5 Å². The van der Waals surface area contributed by atoms with Crippen molar-refractivity contribution >= 4 is 11.6 Å². The highest BCUT2D eigenvalue weighted by Gasteiger charge is 2.70. The highest BCUT2D eigenvalue weighted by Crippen LogP contribution is 2.48. The van der Waals surface area contributed by atoms with Crippen LogP contribution in [0.5, 0.6) is 11.5 Å². The third-order valence-electron chi connectivity index (χ3n) is 5.20. The lowest BCUT2D eigenvalue weighted by molar-refractivity contribution is -0.0710. The average molecular weight is 394 g/mol. The topological polar surface area (TPSA) is 60.0 Å². The summed E-state index contributed by atoms with van der Waals surface area (Å²) in [6, 6.07) is 14.1. The summed E-state index contributed by atoms with van der Waals surface area (Å²) in [6.45, 7) is 1.55. The number of rotatable bonds is 5. The highest BCUT2D eigenvalue weighted by atomic mass is 35.5. The maximum Gasteiger partial charge on any atom is 0.177 e. The zero-order valence-electron chi connectivity index (χ0n) is 14.8. The van der Waals surface area contributed by atoms with Gasteiger partial charge in [-0.25, -0.2) is 4.90 Å². The summed E-state index contributed by atoms with van der Waals surface area (Å²) in [5, 5.41) is 0.688. The quantitative estimate of drug-likeness (QED) is 0.788. The SMILES string of the molecule is CN1COCC2(C1N)[C@@H](Oc1cccc(OF)c1)N2Cc1ccc(Cl)cc1. The van der Waals surface area contributed by atoms with Gasteiger partial charge in [0.2, 0.25) is 0 Å². The molecule has 2 aromatic rings. The fourth-order valence-corrected chi connectivity index (χ4v) is 3.78. The summed E-state index contributed by atoms with van der Waals surface area (Å²) in [4.78, 5) is 7.90. The summed E-state index contributed by atoms with van der Waals surface area (Å²) >= 11 is 5.99. The third kappa shape index (κ3) is 3.37. The summed E-state index contributed by atoms with van der Waals surface area (Å²) in [5.41, 5.74) is 7.11. The zero-order chi connectivity index (χ0) is 19.0. The smallest absolute Gasteiger partial charge is 0.177 e. The van der Waals surface area contributed by atoms with Crippen LogP contribution in [0.2, 0.25) is 5.02 Å². The number of nitrogens with zero attached hydrogens (tertiary/aromatic N) is 2. The van der Waals surface area contributed by atoms with Gasteiger partial charge in [-0.2, -0.15) is 0 Å². The maximum absolute atomic E-state index is 12.5. The van der Waals surface area contributed by atoms with Crippen molar-refractivity contribution in [2.75, 3.05) is 20.4 Å². The van der Waals surface area contributed by atoms with E-state index in [9.17, 15) is 4.53 Å². The number of hydrogen-bond donors (Lipinski definition) is 1. The zero-order valence-corrected chi connectivity index (χ0v) is 15.6. The second-order valence-corrected chi connectivity index (χ2v) is 7.38. The first kappa shape index (κ1) is 18.5. The molecule has 2 fully saturated rings. The Hall–Kier alpha value is -1.90. The number of hydrogen-bond acceptors (Lipinski definition) is 6. The lowest BCUT2D eigenvalue weighted by Gasteiger charge is -2.36. The molecular formula is C19H21ClFN3O3. The number of ether oxygens (including phenoxy) is 2. The van der Waals surface area contributed by atoms with Crippen LogP contribution in [0.25, 0.3) is 0 Å². The van der Waals surface area contributed by atoms with Gasteiger partial charge >= 0.3 is 0 Å². The predicted octanol–water partition coefficient (Wildman–Crippen LogP) is 2.77. The predicted molar refractivity (Wildman–Crippen MR) is 98.9 cm³/mol. The van der Waals surface area contributed by atoms with Crippen molar-refractivity contribution in [1.82, 2.24) is 9.80 Å². The standard InChI is InChI=1S/C19H21ClFN3O3/c1-23-12-25-11-19(17(23)22)18(26-15-3-2-4-16(9-15)27-21)24(19)10-13-5-7-14(20)8-6-13/h2-9,17-18H,10-12,22H2,1H3/t17?,18-,19?,24?/m1/s1. The maximum atomic E-state index is 12.5. The molecule has 6 nitrogen and oxygen atoms in total. The van der Waals surface area contributed by atoms with Gasteiger partial charge < -0.3 is 15.2 Å². The second kappa shape index (κ2) is 7.26. The summed E-state index contributed by atoms with van der Waals surface area (Å²) in [7, 11) is 1.92. The van der Waals surface area contributed by atoms with Crippen LogP contribution in [0.3, 0.4) is 0 Å². The minimum Gasteiger partial charge on any atom is -0.473 e. The van der Waals surface area contributed by atoms with Crippen LogP contribution in [0, 0.1) is 0 Å². The van der Waals surface area contributed by atoms with Crippen LogP contribution in [0.1, 0.15) is 5.56 Å². The summed E-state index contributed by atoms with van der Waals surface area (Å²) in [5.74, 6) is 0.598. The van der Waals surface area contributed by atoms with E-state index in [4.69, 9.17) is 26.8 Å². The van der Waals surface area contributed by atoms with E-state index in [1.54, 1.807) is 12.1 Å². The van der Waals surface area contributed by atoms with Crippen molar-refractivity contribution < 1.29 is 18.9 Å². The van der Waals surface area contributed by atoms with Crippen molar-refractivity contribution in [1.29, 1.82) is 0 Å². The first-order valence-electron chi connectivity index (χ1n) is 8.64. The summed E-state index contributed by atoms with van der Waals surface area (Å²) in [6.07, 6.45) is -0.565. The lowest BCUT2D eigenvalue weighted by Crippen LogP contribution is -2.59. The van der Waals surface area contributed by atoms with Gasteiger partial charge in [-0.05, 0) is 36.9 Å². The Bertz CT molecular complexity index is 809. The Balaban J connectivity index is 1.59. The molecule has 2 heterocycles. The van der Waals surface area contributed by atoms with Gasteiger partial charge in [0.1, 0.15) is 18.0 Å².